The Balaban J connectivity index is 0.971. The molecule has 8 heteroatoms. The minimum absolute atomic E-state index is 0.240. The smallest absolute Gasteiger partial charge is 0.261 e. The van der Waals surface area contributed by atoms with Crippen LogP contribution in [0, 0.1) is 5.41 Å². The van der Waals surface area contributed by atoms with Gasteiger partial charge in [-0.3, -0.25) is 14.5 Å². The molecular formula is C34H32N4O4. The summed E-state index contributed by atoms with van der Waals surface area (Å²) in [5.41, 5.74) is 5.04. The van der Waals surface area contributed by atoms with E-state index in [4.69, 9.17) is 14.5 Å². The maximum atomic E-state index is 12.8. The molecule has 1 spiro atoms. The summed E-state index contributed by atoms with van der Waals surface area (Å²) in [5.74, 6) is 1.05. The van der Waals surface area contributed by atoms with Crippen molar-refractivity contribution in [2.24, 2.45) is 5.41 Å². The number of fused-ring (bicyclic) bond motifs is 1. The van der Waals surface area contributed by atoms with E-state index in [0.717, 1.165) is 60.4 Å². The molecule has 0 saturated carbocycles. The van der Waals surface area contributed by atoms with Crippen LogP contribution in [0.2, 0.25) is 0 Å². The summed E-state index contributed by atoms with van der Waals surface area (Å²) in [7, 11) is 0. The molecule has 4 heterocycles. The van der Waals surface area contributed by atoms with Gasteiger partial charge >= 0.3 is 0 Å². The summed E-state index contributed by atoms with van der Waals surface area (Å²) in [6.07, 6.45) is 1.79. The third kappa shape index (κ3) is 4.61. The number of nitrogens with zero attached hydrogens (tertiary/aromatic N) is 4. The zero-order valence-corrected chi connectivity index (χ0v) is 23.7. The van der Waals surface area contributed by atoms with Gasteiger partial charge < -0.3 is 14.4 Å². The van der Waals surface area contributed by atoms with Crippen molar-refractivity contribution in [2.75, 3.05) is 31.2 Å². The van der Waals surface area contributed by atoms with Gasteiger partial charge in [-0.15, -0.1) is 0 Å². The molecule has 3 aliphatic rings. The number of rotatable bonds is 8. The number of hydrogen-bond acceptors (Lipinski definition) is 7. The van der Waals surface area contributed by atoms with E-state index < -0.39 is 0 Å². The fourth-order valence-corrected chi connectivity index (χ4v) is 5.98. The fourth-order valence-electron chi connectivity index (χ4n) is 5.98. The van der Waals surface area contributed by atoms with Crippen molar-refractivity contribution in [1.29, 1.82) is 0 Å². The quantitative estimate of drug-likeness (QED) is 0.280. The molecule has 2 fully saturated rings. The minimum Gasteiger partial charge on any atom is -0.487 e. The minimum atomic E-state index is -0.256. The van der Waals surface area contributed by atoms with Crippen molar-refractivity contribution in [2.45, 2.75) is 32.4 Å². The lowest BCUT2D eigenvalue weighted by Gasteiger charge is -2.54. The van der Waals surface area contributed by atoms with Crippen molar-refractivity contribution < 1.29 is 19.1 Å². The van der Waals surface area contributed by atoms with E-state index in [1.807, 2.05) is 30.3 Å². The zero-order valence-electron chi connectivity index (χ0n) is 23.7. The molecule has 3 aromatic carbocycles. The molecule has 4 aromatic rings. The largest absolute Gasteiger partial charge is 0.487 e. The fraction of sp³-hybridized carbons (Fsp3) is 0.294. The van der Waals surface area contributed by atoms with Gasteiger partial charge in [0.2, 0.25) is 5.95 Å². The number of imide groups is 1. The van der Waals surface area contributed by atoms with E-state index in [-0.39, 0.29) is 23.8 Å². The molecule has 7 rings (SSSR count). The Labute approximate surface area is 244 Å². The number of ether oxygens (including phenoxy) is 2. The molecule has 0 N–H and O–H groups in total. The third-order valence-corrected chi connectivity index (χ3v) is 8.71. The molecule has 212 valence electrons. The Morgan fingerprint density at radius 1 is 0.857 bits per heavy atom. The predicted octanol–water partition coefficient (Wildman–Crippen LogP) is 5.01. The Kier molecular flexibility index (Phi) is 6.31. The first-order valence-corrected chi connectivity index (χ1v) is 14.2. The maximum Gasteiger partial charge on any atom is 0.261 e. The Morgan fingerprint density at radius 2 is 1.48 bits per heavy atom. The number of benzene rings is 3. The van der Waals surface area contributed by atoms with Crippen LogP contribution in [0.25, 0.3) is 0 Å². The van der Waals surface area contributed by atoms with Gasteiger partial charge in [-0.05, 0) is 47.0 Å². The Bertz CT molecular complexity index is 1620. The predicted molar refractivity (Wildman–Crippen MR) is 157 cm³/mol. The number of amides is 2. The monoisotopic (exact) mass is 560 g/mol. The first-order chi connectivity index (χ1) is 20.3. The highest BCUT2D eigenvalue weighted by molar-refractivity contribution is 6.21. The van der Waals surface area contributed by atoms with E-state index in [1.54, 1.807) is 30.5 Å². The van der Waals surface area contributed by atoms with Gasteiger partial charge in [-0.1, -0.05) is 62.4 Å². The van der Waals surface area contributed by atoms with Gasteiger partial charge in [-0.25, -0.2) is 9.97 Å². The molecule has 0 unspecified atom stereocenters. The van der Waals surface area contributed by atoms with Crippen LogP contribution in [0.1, 0.15) is 56.9 Å². The first kappa shape index (κ1) is 26.3. The van der Waals surface area contributed by atoms with E-state index in [2.05, 4.69) is 48.0 Å². The van der Waals surface area contributed by atoms with Crippen LogP contribution in [0.5, 0.6) is 5.75 Å². The standard InChI is InChI=1S/C34H32N4O4/c1-33(2,24-9-7-23(8-10-24)17-38-30(39)28-5-3-4-6-29(28)31(38)40)25-11-13-27(14-12-25)42-18-26-15-16-35-32(36-26)37-19-34(20-37)21-41-22-34/h3-16H,17-22H2,1-2H3. The highest BCUT2D eigenvalue weighted by atomic mass is 16.5. The molecule has 3 aliphatic heterocycles. The van der Waals surface area contributed by atoms with Crippen LogP contribution < -0.4 is 9.64 Å². The van der Waals surface area contributed by atoms with Crippen molar-refractivity contribution in [3.63, 3.8) is 0 Å². The molecule has 0 radical (unpaired) electrons. The molecule has 8 nitrogen and oxygen atoms in total. The molecule has 2 saturated heterocycles. The van der Waals surface area contributed by atoms with Gasteiger partial charge in [0, 0.05) is 24.7 Å². The van der Waals surface area contributed by atoms with E-state index in [9.17, 15) is 9.59 Å². The average Bonchev–Trinajstić information content (AvgIpc) is 3.20. The molecule has 1 aromatic heterocycles. The molecule has 0 bridgehead atoms. The highest BCUT2D eigenvalue weighted by Gasteiger charge is 2.49. The van der Waals surface area contributed by atoms with E-state index in [0.29, 0.717) is 23.1 Å². The van der Waals surface area contributed by atoms with Crippen molar-refractivity contribution >= 4 is 17.8 Å². The Hall–Kier alpha value is -4.56. The summed E-state index contributed by atoms with van der Waals surface area (Å²) in [6.45, 7) is 8.55. The molecule has 0 atom stereocenters. The SMILES string of the molecule is CC(C)(c1ccc(CN2C(=O)c3ccccc3C2=O)cc1)c1ccc(OCc2ccnc(N3CC4(COC4)C3)n2)cc1. The van der Waals surface area contributed by atoms with Gasteiger partial charge in [0.15, 0.2) is 0 Å². The maximum absolute atomic E-state index is 12.8. The molecule has 2 amide bonds. The summed E-state index contributed by atoms with van der Waals surface area (Å²) in [5, 5.41) is 0. The lowest BCUT2D eigenvalue weighted by Crippen LogP contribution is -2.66. The van der Waals surface area contributed by atoms with E-state index in [1.165, 1.54) is 4.90 Å². The summed E-state index contributed by atoms with van der Waals surface area (Å²) < 4.78 is 11.4. The van der Waals surface area contributed by atoms with Crippen molar-refractivity contribution in [1.82, 2.24) is 14.9 Å². The number of hydrogen-bond donors (Lipinski definition) is 0. The van der Waals surface area contributed by atoms with Gasteiger partial charge in [0.1, 0.15) is 12.4 Å². The van der Waals surface area contributed by atoms with Crippen LogP contribution in [0.4, 0.5) is 5.95 Å². The first-order valence-electron chi connectivity index (χ1n) is 14.2. The lowest BCUT2D eigenvalue weighted by atomic mass is 9.78. The lowest BCUT2D eigenvalue weighted by molar-refractivity contribution is -0.127. The summed E-state index contributed by atoms with van der Waals surface area (Å²) in [4.78, 5) is 38.1. The second-order valence-corrected chi connectivity index (χ2v) is 12.1. The normalized spacial score (nSPS) is 17.2. The van der Waals surface area contributed by atoms with Crippen LogP contribution in [0.15, 0.2) is 85.1 Å². The second-order valence-electron chi connectivity index (χ2n) is 12.1. The van der Waals surface area contributed by atoms with Crippen LogP contribution in [-0.2, 0) is 23.3 Å². The molecule has 0 aliphatic carbocycles. The highest BCUT2D eigenvalue weighted by Crippen LogP contribution is 2.39. The number of anilines is 1. The van der Waals surface area contributed by atoms with E-state index >= 15 is 0 Å². The second kappa shape index (κ2) is 10.1. The topological polar surface area (TPSA) is 84.9 Å². The average molecular weight is 561 g/mol. The van der Waals surface area contributed by atoms with Gasteiger partial charge in [0.05, 0.1) is 42.0 Å². The summed E-state index contributed by atoms with van der Waals surface area (Å²) >= 11 is 0. The van der Waals surface area contributed by atoms with Crippen LogP contribution in [-0.4, -0.2) is 53.0 Å². The third-order valence-electron chi connectivity index (χ3n) is 8.71. The number of carbonyl (C=O) groups is 2. The number of aromatic nitrogens is 2. The van der Waals surface area contributed by atoms with Crippen LogP contribution >= 0.6 is 0 Å². The number of carbonyl (C=O) groups excluding carboxylic acids is 2. The Morgan fingerprint density at radius 3 is 2.07 bits per heavy atom. The van der Waals surface area contributed by atoms with Crippen LogP contribution in [0.3, 0.4) is 0 Å². The molecule has 42 heavy (non-hydrogen) atoms. The van der Waals surface area contributed by atoms with Crippen molar-refractivity contribution in [3.8, 4) is 5.75 Å². The van der Waals surface area contributed by atoms with Crippen molar-refractivity contribution in [3.05, 3.63) is 119 Å². The zero-order chi connectivity index (χ0) is 28.9. The van der Waals surface area contributed by atoms with Gasteiger partial charge in [-0.2, -0.15) is 0 Å². The van der Waals surface area contributed by atoms with Gasteiger partial charge in [0.25, 0.3) is 11.8 Å². The molecular weight excluding hydrogens is 528 g/mol. The summed E-state index contributed by atoms with van der Waals surface area (Å²) in [6, 6.07) is 25.2.